The Morgan fingerprint density at radius 1 is 1.17 bits per heavy atom. The smallest absolute Gasteiger partial charge is 0.123 e. The summed E-state index contributed by atoms with van der Waals surface area (Å²) in [6, 6.07) is 9.07. The molecular weight excluding hydrogens is 240 g/mol. The molecule has 0 aliphatic heterocycles. The van der Waals surface area contributed by atoms with Crippen molar-refractivity contribution < 1.29 is 0 Å². The topological polar surface area (TPSA) is 24.9 Å². The number of aromatic nitrogens is 1. The summed E-state index contributed by atoms with van der Waals surface area (Å²) in [5, 5.41) is 4.57. The van der Waals surface area contributed by atoms with Crippen LogP contribution in [0.15, 0.2) is 24.3 Å². The Kier molecular flexibility index (Phi) is 4.15. The lowest BCUT2D eigenvalue weighted by molar-refractivity contribution is 0.591. The summed E-state index contributed by atoms with van der Waals surface area (Å²) in [7, 11) is 0. The van der Waals surface area contributed by atoms with Crippen molar-refractivity contribution in [2.45, 2.75) is 40.3 Å². The molecule has 1 aromatic heterocycles. The van der Waals surface area contributed by atoms with Crippen LogP contribution >= 0.6 is 11.3 Å². The summed E-state index contributed by atoms with van der Waals surface area (Å²) in [4.78, 5) is 6.00. The van der Waals surface area contributed by atoms with Gasteiger partial charge < -0.3 is 5.32 Å². The molecule has 0 atom stereocenters. The lowest BCUT2D eigenvalue weighted by Crippen LogP contribution is -2.21. The largest absolute Gasteiger partial charge is 0.310 e. The molecule has 0 unspecified atom stereocenters. The van der Waals surface area contributed by atoms with Gasteiger partial charge in [-0.1, -0.05) is 43.7 Å². The van der Waals surface area contributed by atoms with Crippen molar-refractivity contribution in [2.24, 2.45) is 0 Å². The number of aryl methyl sites for hydroxylation is 2. The molecule has 0 saturated carbocycles. The molecule has 0 fully saturated rings. The Hall–Kier alpha value is -1.19. The van der Waals surface area contributed by atoms with Gasteiger partial charge in [0.05, 0.1) is 5.69 Å². The van der Waals surface area contributed by atoms with Crippen molar-refractivity contribution in [3.05, 3.63) is 40.4 Å². The minimum absolute atomic E-state index is 0.509. The van der Waals surface area contributed by atoms with Gasteiger partial charge in [-0.05, 0) is 13.8 Å². The molecular formula is C15H20N2S. The van der Waals surface area contributed by atoms with E-state index < -0.39 is 0 Å². The second-order valence-corrected chi connectivity index (χ2v) is 6.01. The number of nitrogens with zero attached hydrogens (tertiary/aromatic N) is 1. The molecule has 1 N–H and O–H groups in total. The molecule has 2 aromatic rings. The summed E-state index contributed by atoms with van der Waals surface area (Å²) in [5.41, 5.74) is 3.64. The van der Waals surface area contributed by atoms with E-state index in [0.29, 0.717) is 6.04 Å². The van der Waals surface area contributed by atoms with Crippen LogP contribution in [0.25, 0.3) is 10.6 Å². The van der Waals surface area contributed by atoms with Crippen LogP contribution < -0.4 is 5.32 Å². The zero-order valence-corrected chi connectivity index (χ0v) is 12.3. The number of rotatable bonds is 4. The third kappa shape index (κ3) is 3.18. The molecule has 3 heteroatoms. The van der Waals surface area contributed by atoms with E-state index in [-0.39, 0.29) is 0 Å². The second-order valence-electron chi connectivity index (χ2n) is 4.93. The molecule has 18 heavy (non-hydrogen) atoms. The van der Waals surface area contributed by atoms with Crippen molar-refractivity contribution in [2.75, 3.05) is 0 Å². The number of nitrogens with one attached hydrogen (secondary N) is 1. The molecule has 0 amide bonds. The normalized spacial score (nSPS) is 11.2. The summed E-state index contributed by atoms with van der Waals surface area (Å²) >= 11 is 1.79. The first-order valence-corrected chi connectivity index (χ1v) is 7.14. The second kappa shape index (κ2) is 5.63. The maximum atomic E-state index is 4.67. The average Bonchev–Trinajstić information content (AvgIpc) is 2.69. The highest BCUT2D eigenvalue weighted by molar-refractivity contribution is 7.15. The molecule has 2 nitrogen and oxygen atoms in total. The summed E-state index contributed by atoms with van der Waals surface area (Å²) < 4.78 is 0. The van der Waals surface area contributed by atoms with Gasteiger partial charge in [0.2, 0.25) is 0 Å². The fraction of sp³-hybridized carbons (Fsp3) is 0.400. The van der Waals surface area contributed by atoms with Crippen LogP contribution in [0.2, 0.25) is 0 Å². The van der Waals surface area contributed by atoms with Gasteiger partial charge in [-0.2, -0.15) is 0 Å². The van der Waals surface area contributed by atoms with E-state index >= 15 is 0 Å². The molecule has 0 aliphatic carbocycles. The minimum atomic E-state index is 0.509. The quantitative estimate of drug-likeness (QED) is 0.901. The zero-order valence-electron chi connectivity index (χ0n) is 11.4. The third-order valence-electron chi connectivity index (χ3n) is 2.86. The van der Waals surface area contributed by atoms with Crippen LogP contribution in [0.5, 0.6) is 0 Å². The molecule has 1 aromatic carbocycles. The molecule has 0 saturated heterocycles. The molecule has 0 radical (unpaired) electrons. The molecule has 0 bridgehead atoms. The predicted molar refractivity (Wildman–Crippen MR) is 79.0 cm³/mol. The van der Waals surface area contributed by atoms with E-state index in [2.05, 4.69) is 62.3 Å². The number of hydrogen-bond acceptors (Lipinski definition) is 3. The van der Waals surface area contributed by atoms with Gasteiger partial charge >= 0.3 is 0 Å². The first-order chi connectivity index (χ1) is 8.56. The van der Waals surface area contributed by atoms with Crippen LogP contribution in [0.4, 0.5) is 0 Å². The van der Waals surface area contributed by atoms with Gasteiger partial charge in [0.1, 0.15) is 5.01 Å². The molecule has 96 valence electrons. The van der Waals surface area contributed by atoms with E-state index in [1.165, 1.54) is 16.0 Å². The Balaban J connectivity index is 2.20. The monoisotopic (exact) mass is 260 g/mol. The Morgan fingerprint density at radius 3 is 2.44 bits per heavy atom. The third-order valence-corrected chi connectivity index (χ3v) is 4.07. The highest BCUT2D eigenvalue weighted by Gasteiger charge is 2.09. The van der Waals surface area contributed by atoms with Gasteiger partial charge in [0.25, 0.3) is 0 Å². The van der Waals surface area contributed by atoms with Crippen molar-refractivity contribution in [3.63, 3.8) is 0 Å². The van der Waals surface area contributed by atoms with Gasteiger partial charge in [0.15, 0.2) is 0 Å². The number of thiazole rings is 1. The highest BCUT2D eigenvalue weighted by Crippen LogP contribution is 2.28. The molecule has 0 spiro atoms. The van der Waals surface area contributed by atoms with Crippen molar-refractivity contribution in [1.82, 2.24) is 10.3 Å². The van der Waals surface area contributed by atoms with Gasteiger partial charge in [-0.3, -0.25) is 0 Å². The maximum Gasteiger partial charge on any atom is 0.123 e. The maximum absolute atomic E-state index is 4.67. The lowest BCUT2D eigenvalue weighted by Gasteiger charge is -2.05. The standard InChI is InChI=1S/C15H20N2S/c1-10(2)16-9-14-12(4)17-15(18-14)13-7-5-11(3)6-8-13/h5-8,10,16H,9H2,1-4H3. The van der Waals surface area contributed by atoms with E-state index in [1.807, 2.05) is 0 Å². The molecule has 1 heterocycles. The first kappa shape index (κ1) is 13.2. The van der Waals surface area contributed by atoms with E-state index in [1.54, 1.807) is 11.3 Å². The highest BCUT2D eigenvalue weighted by atomic mass is 32.1. The average molecular weight is 260 g/mol. The van der Waals surface area contributed by atoms with Crippen molar-refractivity contribution >= 4 is 11.3 Å². The summed E-state index contributed by atoms with van der Waals surface area (Å²) in [5.74, 6) is 0. The van der Waals surface area contributed by atoms with Gasteiger partial charge in [-0.15, -0.1) is 11.3 Å². The molecule has 2 rings (SSSR count). The summed E-state index contributed by atoms with van der Waals surface area (Å²) in [6.07, 6.45) is 0. The Labute approximate surface area is 113 Å². The Morgan fingerprint density at radius 2 is 1.83 bits per heavy atom. The SMILES string of the molecule is Cc1ccc(-c2nc(C)c(CNC(C)C)s2)cc1. The van der Waals surface area contributed by atoms with Crippen molar-refractivity contribution in [1.29, 1.82) is 0 Å². The fourth-order valence-corrected chi connectivity index (χ4v) is 2.73. The summed E-state index contributed by atoms with van der Waals surface area (Å²) in [6.45, 7) is 9.43. The Bertz CT molecular complexity index is 512. The van der Waals surface area contributed by atoms with E-state index in [9.17, 15) is 0 Å². The van der Waals surface area contributed by atoms with Crippen LogP contribution in [0, 0.1) is 13.8 Å². The lowest BCUT2D eigenvalue weighted by atomic mass is 10.2. The predicted octanol–water partition coefficient (Wildman–Crippen LogP) is 3.92. The van der Waals surface area contributed by atoms with Crippen molar-refractivity contribution in [3.8, 4) is 10.6 Å². The first-order valence-electron chi connectivity index (χ1n) is 6.33. The van der Waals surface area contributed by atoms with Gasteiger partial charge in [-0.25, -0.2) is 4.98 Å². The zero-order chi connectivity index (χ0) is 13.1. The number of hydrogen-bond donors (Lipinski definition) is 1. The fourth-order valence-electron chi connectivity index (χ4n) is 1.71. The van der Waals surface area contributed by atoms with Crippen LogP contribution in [-0.2, 0) is 6.54 Å². The van der Waals surface area contributed by atoms with Crippen LogP contribution in [0.1, 0.15) is 30.0 Å². The van der Waals surface area contributed by atoms with Crippen LogP contribution in [-0.4, -0.2) is 11.0 Å². The van der Waals surface area contributed by atoms with Crippen LogP contribution in [0.3, 0.4) is 0 Å². The number of benzene rings is 1. The molecule has 0 aliphatic rings. The minimum Gasteiger partial charge on any atom is -0.310 e. The van der Waals surface area contributed by atoms with Gasteiger partial charge in [0, 0.05) is 23.0 Å². The van der Waals surface area contributed by atoms with E-state index in [4.69, 9.17) is 0 Å². The van der Waals surface area contributed by atoms with E-state index in [0.717, 1.165) is 17.2 Å².